The predicted molar refractivity (Wildman–Crippen MR) is 129 cm³/mol. The van der Waals surface area contributed by atoms with Crippen LogP contribution in [0.4, 0.5) is 0 Å². The van der Waals surface area contributed by atoms with Crippen molar-refractivity contribution in [2.45, 2.75) is 13.8 Å². The van der Waals surface area contributed by atoms with Gasteiger partial charge >= 0.3 is 0 Å². The van der Waals surface area contributed by atoms with E-state index in [9.17, 15) is 0 Å². The number of hydrogen-bond donors (Lipinski definition) is 0. The molecule has 2 heterocycles. The number of aryl methyl sites for hydroxylation is 2. The van der Waals surface area contributed by atoms with Gasteiger partial charge in [0.05, 0.1) is 16.6 Å². The van der Waals surface area contributed by atoms with Gasteiger partial charge in [0.25, 0.3) is 0 Å². The smallest absolute Gasteiger partial charge is 0.149 e. The predicted octanol–water partition coefficient (Wildman–Crippen LogP) is 7.01. The van der Waals surface area contributed by atoms with Crippen molar-refractivity contribution in [3.63, 3.8) is 0 Å². The Morgan fingerprint density at radius 1 is 0.677 bits per heavy atom. The summed E-state index contributed by atoms with van der Waals surface area (Å²) in [5.74, 6) is 0. The molecule has 0 amide bonds. The summed E-state index contributed by atoms with van der Waals surface area (Å²) in [7, 11) is 0. The third-order valence-corrected chi connectivity index (χ3v) is 5.95. The van der Waals surface area contributed by atoms with E-state index in [1.807, 2.05) is 6.07 Å². The number of rotatable bonds is 2. The van der Waals surface area contributed by atoms with Crippen LogP contribution < -0.4 is 0 Å². The second-order valence-corrected chi connectivity index (χ2v) is 8.15. The zero-order chi connectivity index (χ0) is 20.9. The fraction of sp³-hybridized carbons (Fsp3) is 0.0714. The number of fused-ring (bicyclic) bond motifs is 5. The van der Waals surface area contributed by atoms with E-state index in [1.54, 1.807) is 6.33 Å². The molecule has 0 N–H and O–H groups in total. The third kappa shape index (κ3) is 2.74. The van der Waals surface area contributed by atoms with Crippen LogP contribution in [0.1, 0.15) is 11.1 Å². The summed E-state index contributed by atoms with van der Waals surface area (Å²) in [5, 5.41) is 4.74. The first-order valence-electron chi connectivity index (χ1n) is 10.5. The van der Waals surface area contributed by atoms with Crippen molar-refractivity contribution in [2.75, 3.05) is 0 Å². The second kappa shape index (κ2) is 6.78. The van der Waals surface area contributed by atoms with Crippen LogP contribution in [0, 0.1) is 13.8 Å². The van der Waals surface area contributed by atoms with Crippen molar-refractivity contribution in [1.29, 1.82) is 0 Å². The van der Waals surface area contributed by atoms with Crippen LogP contribution in [-0.4, -0.2) is 14.5 Å². The molecule has 31 heavy (non-hydrogen) atoms. The molecule has 6 aromatic rings. The third-order valence-electron chi connectivity index (χ3n) is 5.95. The topological polar surface area (TPSA) is 30.7 Å². The maximum Gasteiger partial charge on any atom is 0.149 e. The standard InChI is InChI=1S/C28H21N3/c1-18-14-19(2)16-21(15-18)27-26-25-23-11-7-6-8-20(23)12-13-24(25)31(28(26)30-17-29-27)22-9-4-3-5-10-22/h3-17H,1-2H3. The minimum Gasteiger partial charge on any atom is -0.294 e. The van der Waals surface area contributed by atoms with Crippen molar-refractivity contribution in [3.05, 3.63) is 102 Å². The first kappa shape index (κ1) is 17.8. The summed E-state index contributed by atoms with van der Waals surface area (Å²) < 4.78 is 2.25. The van der Waals surface area contributed by atoms with Gasteiger partial charge in [-0.25, -0.2) is 9.97 Å². The first-order chi connectivity index (χ1) is 15.2. The highest BCUT2D eigenvalue weighted by Crippen LogP contribution is 2.40. The van der Waals surface area contributed by atoms with Crippen molar-refractivity contribution in [3.8, 4) is 16.9 Å². The highest BCUT2D eigenvalue weighted by atomic mass is 15.1. The second-order valence-electron chi connectivity index (χ2n) is 8.15. The van der Waals surface area contributed by atoms with Crippen molar-refractivity contribution >= 4 is 32.7 Å². The minimum atomic E-state index is 0.932. The quantitative estimate of drug-likeness (QED) is 0.313. The van der Waals surface area contributed by atoms with E-state index < -0.39 is 0 Å². The van der Waals surface area contributed by atoms with Gasteiger partial charge in [-0.3, -0.25) is 4.57 Å². The zero-order valence-electron chi connectivity index (χ0n) is 17.5. The van der Waals surface area contributed by atoms with Crippen LogP contribution in [0.3, 0.4) is 0 Å². The molecule has 0 saturated carbocycles. The van der Waals surface area contributed by atoms with E-state index in [-0.39, 0.29) is 0 Å². The van der Waals surface area contributed by atoms with Crippen LogP contribution >= 0.6 is 0 Å². The van der Waals surface area contributed by atoms with Crippen LogP contribution in [0.2, 0.25) is 0 Å². The Bertz CT molecular complexity index is 1570. The van der Waals surface area contributed by atoms with Crippen LogP contribution in [0.15, 0.2) is 91.3 Å². The minimum absolute atomic E-state index is 0.932. The fourth-order valence-corrected chi connectivity index (χ4v) is 4.77. The van der Waals surface area contributed by atoms with Gasteiger partial charge in [0.15, 0.2) is 0 Å². The lowest BCUT2D eigenvalue weighted by molar-refractivity contribution is 1.11. The molecular weight excluding hydrogens is 378 g/mol. The summed E-state index contributed by atoms with van der Waals surface area (Å²) in [6.07, 6.45) is 1.69. The number of hydrogen-bond acceptors (Lipinski definition) is 2. The molecule has 3 nitrogen and oxygen atoms in total. The highest BCUT2D eigenvalue weighted by molar-refractivity contribution is 6.23. The van der Waals surface area contributed by atoms with E-state index in [0.29, 0.717) is 0 Å². The molecule has 148 valence electrons. The molecular formula is C28H21N3. The van der Waals surface area contributed by atoms with Gasteiger partial charge in [-0.1, -0.05) is 65.7 Å². The number of nitrogens with zero attached hydrogens (tertiary/aromatic N) is 3. The Balaban J connectivity index is 1.86. The van der Waals surface area contributed by atoms with Crippen molar-refractivity contribution in [2.24, 2.45) is 0 Å². The average molecular weight is 399 g/mol. The van der Waals surface area contributed by atoms with Crippen molar-refractivity contribution in [1.82, 2.24) is 14.5 Å². The van der Waals surface area contributed by atoms with Gasteiger partial charge in [-0.15, -0.1) is 0 Å². The summed E-state index contributed by atoms with van der Waals surface area (Å²) in [6.45, 7) is 4.27. The Morgan fingerprint density at radius 2 is 1.42 bits per heavy atom. The molecule has 0 aliphatic carbocycles. The SMILES string of the molecule is Cc1cc(C)cc(-c2ncnc3c2c2c4ccccc4ccc2n3-c2ccccc2)c1. The van der Waals surface area contributed by atoms with Gasteiger partial charge in [-0.2, -0.15) is 0 Å². The van der Waals surface area contributed by atoms with E-state index in [2.05, 4.69) is 97.3 Å². The molecule has 0 bridgehead atoms. The maximum atomic E-state index is 4.80. The fourth-order valence-electron chi connectivity index (χ4n) is 4.77. The Kier molecular flexibility index (Phi) is 3.90. The molecule has 0 fully saturated rings. The molecule has 6 rings (SSSR count). The molecule has 3 heteroatoms. The normalized spacial score (nSPS) is 11.5. The van der Waals surface area contributed by atoms with E-state index in [1.165, 1.54) is 27.3 Å². The van der Waals surface area contributed by atoms with E-state index >= 15 is 0 Å². The number of benzene rings is 4. The zero-order valence-corrected chi connectivity index (χ0v) is 17.5. The lowest BCUT2D eigenvalue weighted by Crippen LogP contribution is -1.96. The summed E-state index contributed by atoms with van der Waals surface area (Å²) in [4.78, 5) is 9.58. The van der Waals surface area contributed by atoms with Crippen molar-refractivity contribution < 1.29 is 0 Å². The molecule has 0 radical (unpaired) electrons. The average Bonchev–Trinajstić information content (AvgIpc) is 3.14. The summed E-state index contributed by atoms with van der Waals surface area (Å²) in [6, 6.07) is 30.0. The number of aromatic nitrogens is 3. The molecule has 2 aromatic heterocycles. The largest absolute Gasteiger partial charge is 0.294 e. The Morgan fingerprint density at radius 3 is 2.23 bits per heavy atom. The Labute approximate surface area is 180 Å². The van der Waals surface area contributed by atoms with Crippen LogP contribution in [-0.2, 0) is 0 Å². The molecule has 0 aliphatic heterocycles. The van der Waals surface area contributed by atoms with Crippen LogP contribution in [0.5, 0.6) is 0 Å². The van der Waals surface area contributed by atoms with Crippen LogP contribution in [0.25, 0.3) is 49.7 Å². The lowest BCUT2D eigenvalue weighted by atomic mass is 9.99. The van der Waals surface area contributed by atoms with Gasteiger partial charge in [0.1, 0.15) is 12.0 Å². The molecule has 0 spiro atoms. The Hall–Kier alpha value is -3.98. The molecule has 0 atom stereocenters. The van der Waals surface area contributed by atoms with E-state index in [0.717, 1.165) is 33.5 Å². The van der Waals surface area contributed by atoms with Gasteiger partial charge < -0.3 is 0 Å². The maximum absolute atomic E-state index is 4.80. The highest BCUT2D eigenvalue weighted by Gasteiger charge is 2.20. The first-order valence-corrected chi connectivity index (χ1v) is 10.5. The van der Waals surface area contributed by atoms with Gasteiger partial charge in [0.2, 0.25) is 0 Å². The molecule has 0 aliphatic rings. The molecule has 0 saturated heterocycles. The van der Waals surface area contributed by atoms with E-state index in [4.69, 9.17) is 9.97 Å². The molecule has 0 unspecified atom stereocenters. The lowest BCUT2D eigenvalue weighted by Gasteiger charge is -2.08. The molecule has 4 aromatic carbocycles. The summed E-state index contributed by atoms with van der Waals surface area (Å²) in [5.41, 5.74) is 7.75. The monoisotopic (exact) mass is 399 g/mol. The number of para-hydroxylation sites is 1. The van der Waals surface area contributed by atoms with Gasteiger partial charge in [0, 0.05) is 16.6 Å². The summed E-state index contributed by atoms with van der Waals surface area (Å²) >= 11 is 0. The van der Waals surface area contributed by atoms with Gasteiger partial charge in [-0.05, 0) is 55.0 Å².